The van der Waals surface area contributed by atoms with Crippen molar-refractivity contribution in [2.45, 2.75) is 59.7 Å². The number of quaternary nitrogens is 1. The van der Waals surface area contributed by atoms with E-state index < -0.39 is 40.7 Å². The van der Waals surface area contributed by atoms with Crippen LogP contribution in [0.1, 0.15) is 48.5 Å². The van der Waals surface area contributed by atoms with Gasteiger partial charge in [-0.2, -0.15) is 0 Å². The van der Waals surface area contributed by atoms with Crippen molar-refractivity contribution in [2.75, 3.05) is 26.2 Å². The van der Waals surface area contributed by atoms with Crippen LogP contribution in [0.5, 0.6) is 0 Å². The first kappa shape index (κ1) is 29.8. The third kappa shape index (κ3) is 11.1. The molecule has 1 aliphatic rings. The molecule has 10 heteroatoms. The van der Waals surface area contributed by atoms with E-state index in [9.17, 15) is 24.3 Å². The lowest BCUT2D eigenvalue weighted by Crippen LogP contribution is -3.11. The van der Waals surface area contributed by atoms with E-state index in [4.69, 9.17) is 14.5 Å². The molecule has 0 fully saturated rings. The van der Waals surface area contributed by atoms with Crippen molar-refractivity contribution in [2.24, 2.45) is 0 Å². The topological polar surface area (TPSA) is 133 Å². The fraction of sp³-hybridized carbons (Fsp3) is 0.520. The maximum Gasteiger partial charge on any atom is 0.347 e. The number of rotatable bonds is 11. The summed E-state index contributed by atoms with van der Waals surface area (Å²) in [5.74, 6) is 0.784. The summed E-state index contributed by atoms with van der Waals surface area (Å²) in [4.78, 5) is 59.3. The molecular formula is C25H33NO9. The number of cyclic esters (lactones) is 2. The minimum absolute atomic E-state index is 0.0916. The van der Waals surface area contributed by atoms with E-state index in [-0.39, 0.29) is 17.8 Å². The molecule has 0 aromatic carbocycles. The van der Waals surface area contributed by atoms with Crippen LogP contribution in [0.2, 0.25) is 0 Å². The van der Waals surface area contributed by atoms with Crippen LogP contribution < -0.4 is 10.0 Å². The maximum atomic E-state index is 12.2. The molecule has 35 heavy (non-hydrogen) atoms. The first-order valence-corrected chi connectivity index (χ1v) is 11.2. The van der Waals surface area contributed by atoms with Gasteiger partial charge in [-0.25, -0.2) is 24.2 Å². The van der Waals surface area contributed by atoms with Gasteiger partial charge in [0.05, 0.1) is 30.2 Å². The van der Waals surface area contributed by atoms with E-state index in [1.165, 1.54) is 4.90 Å². The van der Waals surface area contributed by atoms with E-state index in [0.717, 1.165) is 31.3 Å². The van der Waals surface area contributed by atoms with Gasteiger partial charge in [-0.05, 0) is 54.5 Å². The number of nitrogens with one attached hydrogen (secondary N) is 1. The molecule has 0 aliphatic carbocycles. The van der Waals surface area contributed by atoms with Gasteiger partial charge < -0.3 is 24.3 Å². The average molecular weight is 492 g/mol. The second-order valence-corrected chi connectivity index (χ2v) is 9.13. The van der Waals surface area contributed by atoms with Crippen LogP contribution in [0, 0.1) is 11.8 Å². The Morgan fingerprint density at radius 1 is 1.09 bits per heavy atom. The molecular weight excluding hydrogens is 458 g/mol. The number of hydrogen-bond acceptors (Lipinski definition) is 9. The van der Waals surface area contributed by atoms with Crippen molar-refractivity contribution in [1.29, 1.82) is 0 Å². The molecule has 1 N–H and O–H groups in total. The van der Waals surface area contributed by atoms with Gasteiger partial charge in [0.1, 0.15) is 13.2 Å². The van der Waals surface area contributed by atoms with Crippen molar-refractivity contribution in [3.63, 3.8) is 0 Å². The molecule has 0 spiro atoms. The summed E-state index contributed by atoms with van der Waals surface area (Å²) < 4.78 is 9.58. The van der Waals surface area contributed by atoms with Crippen molar-refractivity contribution in [3.05, 3.63) is 34.9 Å². The third-order valence-electron chi connectivity index (χ3n) is 4.47. The van der Waals surface area contributed by atoms with E-state index >= 15 is 0 Å². The fourth-order valence-corrected chi connectivity index (χ4v) is 2.57. The zero-order valence-electron chi connectivity index (χ0n) is 21.2. The number of carboxylic acid groups (broad SMARTS) is 1. The molecule has 192 valence electrons. The van der Waals surface area contributed by atoms with Crippen LogP contribution in [0.15, 0.2) is 34.9 Å². The Morgan fingerprint density at radius 3 is 2.20 bits per heavy atom. The first-order chi connectivity index (χ1) is 16.2. The van der Waals surface area contributed by atoms with E-state index in [2.05, 4.69) is 16.6 Å². The monoisotopic (exact) mass is 491 g/mol. The second-order valence-electron chi connectivity index (χ2n) is 9.13. The molecule has 0 saturated heterocycles. The van der Waals surface area contributed by atoms with Gasteiger partial charge in [0.15, 0.2) is 5.60 Å². The lowest BCUT2D eigenvalue weighted by molar-refractivity contribution is -0.896. The number of carbonyl (C=O) groups is 4. The van der Waals surface area contributed by atoms with Crippen LogP contribution >= 0.6 is 0 Å². The summed E-state index contributed by atoms with van der Waals surface area (Å²) in [5, 5.41) is 11.7. The third-order valence-corrected chi connectivity index (χ3v) is 4.47. The van der Waals surface area contributed by atoms with E-state index in [1.54, 1.807) is 34.6 Å². The van der Waals surface area contributed by atoms with Crippen LogP contribution in [0.25, 0.3) is 0 Å². The van der Waals surface area contributed by atoms with Crippen LogP contribution in [-0.2, 0) is 38.4 Å². The van der Waals surface area contributed by atoms with E-state index in [1.807, 2.05) is 13.8 Å². The summed E-state index contributed by atoms with van der Waals surface area (Å²) in [6.07, 6.45) is 2.54. The van der Waals surface area contributed by atoms with Gasteiger partial charge >= 0.3 is 17.9 Å². The average Bonchev–Trinajstić information content (AvgIpc) is 3.09. The zero-order valence-corrected chi connectivity index (χ0v) is 21.2. The quantitative estimate of drug-likeness (QED) is 0.0779. The number of hydrogen-bond donors (Lipinski definition) is 1. The summed E-state index contributed by atoms with van der Waals surface area (Å²) in [6, 6.07) is 0. The number of ether oxygens (including phenoxy) is 2. The molecule has 1 rings (SSSR count). The lowest BCUT2D eigenvalue weighted by Gasteiger charge is -2.24. The molecule has 1 heterocycles. The normalized spacial score (nSPS) is 14.9. The summed E-state index contributed by atoms with van der Waals surface area (Å²) >= 11 is 0. The van der Waals surface area contributed by atoms with Gasteiger partial charge in [-0.1, -0.05) is 11.8 Å². The molecule has 0 bridgehead atoms. The van der Waals surface area contributed by atoms with E-state index in [0.29, 0.717) is 6.54 Å². The molecule has 0 saturated carbocycles. The molecule has 0 atom stereocenters. The highest BCUT2D eigenvalue weighted by Gasteiger charge is 2.27. The standard InChI is InChI=1S/C25H33NO9/c1-8-26(9-2)12-13-32-20(27)15-18(22(29)30)14-17(19-16-21(28)33-23(19)31)10-11-25(6,7)35-34-24(3,4)5/h14-16H,8-9,12-13H2,1-7H3,(H,29,30)/b17-14+,18-15+. The minimum Gasteiger partial charge on any atom is -0.545 e. The predicted molar refractivity (Wildman–Crippen MR) is 122 cm³/mol. The second kappa shape index (κ2) is 13.0. The van der Waals surface area contributed by atoms with Gasteiger partial charge in [0.25, 0.3) is 0 Å². The maximum absolute atomic E-state index is 12.2. The van der Waals surface area contributed by atoms with Gasteiger partial charge in [0, 0.05) is 23.3 Å². The number of carboxylic acids is 1. The molecule has 1 aliphatic heterocycles. The number of esters is 3. The van der Waals surface area contributed by atoms with Crippen molar-refractivity contribution >= 4 is 23.9 Å². The Hall–Kier alpha value is -3.26. The largest absolute Gasteiger partial charge is 0.545 e. The highest BCUT2D eigenvalue weighted by molar-refractivity contribution is 6.12. The Balaban J connectivity index is 3.28. The number of carbonyl (C=O) groups excluding carboxylic acids is 4. The zero-order chi connectivity index (χ0) is 26.8. The van der Waals surface area contributed by atoms with Gasteiger partial charge in [-0.15, -0.1) is 0 Å². The van der Waals surface area contributed by atoms with Crippen LogP contribution in [0.4, 0.5) is 0 Å². The summed E-state index contributed by atoms with van der Waals surface area (Å²) in [6.45, 7) is 14.8. The smallest absolute Gasteiger partial charge is 0.347 e. The number of aliphatic carboxylic acids is 1. The Kier molecular flexibility index (Phi) is 11.1. The number of likely N-dealkylation sites (N-methyl/N-ethyl adjacent to an activating group) is 1. The molecule has 0 radical (unpaired) electrons. The van der Waals surface area contributed by atoms with Crippen LogP contribution in [0.3, 0.4) is 0 Å². The van der Waals surface area contributed by atoms with Crippen molar-refractivity contribution in [1.82, 2.24) is 0 Å². The fourth-order valence-electron chi connectivity index (χ4n) is 2.57. The highest BCUT2D eigenvalue weighted by Crippen LogP contribution is 2.21. The Labute approximate surface area is 205 Å². The molecule has 10 nitrogen and oxygen atoms in total. The Bertz CT molecular complexity index is 981. The Morgan fingerprint density at radius 2 is 1.71 bits per heavy atom. The van der Waals surface area contributed by atoms with Crippen LogP contribution in [-0.4, -0.2) is 61.3 Å². The van der Waals surface area contributed by atoms with Gasteiger partial charge in [-0.3, -0.25) is 0 Å². The molecule has 0 aromatic heterocycles. The molecule has 0 aromatic rings. The molecule has 0 amide bonds. The minimum atomic E-state index is -1.71. The first-order valence-electron chi connectivity index (χ1n) is 11.2. The predicted octanol–water partition coefficient (Wildman–Crippen LogP) is -0.404. The summed E-state index contributed by atoms with van der Waals surface area (Å²) in [7, 11) is 0. The van der Waals surface area contributed by atoms with Gasteiger partial charge in [0.2, 0.25) is 0 Å². The van der Waals surface area contributed by atoms with Crippen molar-refractivity contribution in [3.8, 4) is 11.8 Å². The molecule has 0 unspecified atom stereocenters. The van der Waals surface area contributed by atoms with Crippen molar-refractivity contribution < 1.29 is 48.4 Å². The lowest BCUT2D eigenvalue weighted by atomic mass is 10.0. The summed E-state index contributed by atoms with van der Waals surface area (Å²) in [5.41, 5.74) is -2.88. The SMILES string of the molecule is CC[NH+](CC)CCOC(=O)/C=C(\C=C(/C#CC(C)(C)OOC(C)(C)C)C1=CC(=O)OC1=O)C(=O)[O-]. The highest BCUT2D eigenvalue weighted by atomic mass is 17.2.